The molecule has 0 aliphatic heterocycles. The minimum Gasteiger partial charge on any atom is -0.507 e. The van der Waals surface area contributed by atoms with Gasteiger partial charge in [0.15, 0.2) is 0 Å². The number of phenols is 1. The molecule has 0 saturated carbocycles. The Hall–Kier alpha value is -3.78. The van der Waals surface area contributed by atoms with Crippen molar-refractivity contribution in [3.05, 3.63) is 77.9 Å². The zero-order valence-electron chi connectivity index (χ0n) is 26.8. The Kier molecular flexibility index (Phi) is 17.2. The summed E-state index contributed by atoms with van der Waals surface area (Å²) in [7, 11) is 0. The number of nitriles is 1. The van der Waals surface area contributed by atoms with Gasteiger partial charge in [0, 0.05) is 24.4 Å². The molecule has 0 fully saturated rings. The highest BCUT2D eigenvalue weighted by atomic mass is 16.5. The van der Waals surface area contributed by atoms with Crippen LogP contribution >= 0.6 is 0 Å². The van der Waals surface area contributed by atoms with Crippen molar-refractivity contribution in [2.24, 2.45) is 4.99 Å². The molecular formula is C39H52N2O3. The summed E-state index contributed by atoms with van der Waals surface area (Å²) in [6.07, 6.45) is 20.2. The van der Waals surface area contributed by atoms with E-state index >= 15 is 0 Å². The summed E-state index contributed by atoms with van der Waals surface area (Å²) in [6, 6.07) is 23.4. The number of hydrogen-bond acceptors (Lipinski definition) is 5. The first kappa shape index (κ1) is 34.7. The summed E-state index contributed by atoms with van der Waals surface area (Å²) >= 11 is 0. The smallest absolute Gasteiger partial charge is 0.128 e. The fraction of sp³-hybridized carbons (Fsp3) is 0.487. The maximum Gasteiger partial charge on any atom is 0.128 e. The molecule has 5 nitrogen and oxygen atoms in total. The van der Waals surface area contributed by atoms with Crippen molar-refractivity contribution in [1.82, 2.24) is 0 Å². The number of unbranched alkanes of at least 4 members (excludes halogenated alkanes) is 13. The first-order valence-electron chi connectivity index (χ1n) is 16.9. The number of ether oxygens (including phenoxy) is 2. The fourth-order valence-electron chi connectivity index (χ4n) is 5.17. The third-order valence-corrected chi connectivity index (χ3v) is 7.90. The summed E-state index contributed by atoms with van der Waals surface area (Å²) in [4.78, 5) is 4.50. The molecule has 0 heterocycles. The molecule has 0 unspecified atom stereocenters. The van der Waals surface area contributed by atoms with Crippen molar-refractivity contribution < 1.29 is 14.6 Å². The van der Waals surface area contributed by atoms with E-state index in [-0.39, 0.29) is 5.75 Å². The van der Waals surface area contributed by atoms with Gasteiger partial charge < -0.3 is 14.6 Å². The van der Waals surface area contributed by atoms with Crippen molar-refractivity contribution in [3.8, 4) is 34.4 Å². The third-order valence-electron chi connectivity index (χ3n) is 7.90. The van der Waals surface area contributed by atoms with E-state index in [1.54, 1.807) is 12.3 Å². The maximum absolute atomic E-state index is 10.3. The number of hydrogen-bond donors (Lipinski definition) is 1. The van der Waals surface area contributed by atoms with Crippen LogP contribution in [0.4, 0.5) is 0 Å². The molecule has 0 saturated heterocycles. The lowest BCUT2D eigenvalue weighted by atomic mass is 10.0. The second-order valence-electron chi connectivity index (χ2n) is 11.6. The van der Waals surface area contributed by atoms with E-state index in [1.807, 2.05) is 48.5 Å². The van der Waals surface area contributed by atoms with Crippen LogP contribution in [-0.4, -0.2) is 31.1 Å². The molecule has 0 atom stereocenters. The Morgan fingerprint density at radius 2 is 1.14 bits per heavy atom. The molecule has 44 heavy (non-hydrogen) atoms. The third kappa shape index (κ3) is 14.1. The van der Waals surface area contributed by atoms with E-state index in [9.17, 15) is 5.11 Å². The Balaban J connectivity index is 1.15. The molecular weight excluding hydrogens is 544 g/mol. The highest BCUT2D eigenvalue weighted by Crippen LogP contribution is 2.24. The Labute approximate surface area is 266 Å². The topological polar surface area (TPSA) is 74.8 Å². The minimum atomic E-state index is 0.228. The van der Waals surface area contributed by atoms with Gasteiger partial charge in [0.2, 0.25) is 0 Å². The van der Waals surface area contributed by atoms with Crippen molar-refractivity contribution >= 4 is 6.21 Å². The normalized spacial score (nSPS) is 11.1. The fourth-order valence-corrected chi connectivity index (χ4v) is 5.17. The number of aromatic hydroxyl groups is 1. The standard InChI is InChI=1S/C39H52N2O3/c1-2-3-4-5-6-8-11-14-27-41-32-36-23-26-38(30-39(36)42)44-29-16-13-10-7-9-12-15-28-43-37-24-21-35(22-25-37)34-19-17-33(31-40)18-20-34/h17-26,30,32,42H,2-16,27-29H2,1H3. The first-order chi connectivity index (χ1) is 21.7. The zero-order valence-corrected chi connectivity index (χ0v) is 26.8. The Bertz CT molecular complexity index is 1250. The van der Waals surface area contributed by atoms with Gasteiger partial charge in [-0.25, -0.2) is 0 Å². The predicted molar refractivity (Wildman–Crippen MR) is 183 cm³/mol. The molecule has 3 aromatic carbocycles. The summed E-state index contributed by atoms with van der Waals surface area (Å²) in [6.45, 7) is 4.48. The molecule has 0 spiro atoms. The van der Waals surface area contributed by atoms with E-state index in [1.165, 1.54) is 70.6 Å². The highest BCUT2D eigenvalue weighted by Gasteiger charge is 2.03. The molecule has 236 valence electrons. The number of aliphatic imine (C=N–C) groups is 1. The van der Waals surface area contributed by atoms with Crippen LogP contribution in [0.5, 0.6) is 17.2 Å². The average Bonchev–Trinajstić information content (AvgIpc) is 3.05. The second-order valence-corrected chi connectivity index (χ2v) is 11.6. The zero-order chi connectivity index (χ0) is 31.1. The van der Waals surface area contributed by atoms with Gasteiger partial charge in [-0.3, -0.25) is 4.99 Å². The summed E-state index contributed by atoms with van der Waals surface area (Å²) in [5.41, 5.74) is 3.64. The lowest BCUT2D eigenvalue weighted by molar-refractivity contribution is 0.299. The number of benzene rings is 3. The van der Waals surface area contributed by atoms with Crippen LogP contribution in [0.1, 0.15) is 114 Å². The number of phenolic OH excluding ortho intramolecular Hbond substituents is 1. The van der Waals surface area contributed by atoms with Crippen molar-refractivity contribution in [2.75, 3.05) is 19.8 Å². The van der Waals surface area contributed by atoms with Crippen LogP contribution in [0.25, 0.3) is 11.1 Å². The van der Waals surface area contributed by atoms with Gasteiger partial charge in [-0.2, -0.15) is 5.26 Å². The summed E-state index contributed by atoms with van der Waals surface area (Å²) < 4.78 is 11.8. The Morgan fingerprint density at radius 1 is 0.636 bits per heavy atom. The lowest BCUT2D eigenvalue weighted by Gasteiger charge is -2.08. The molecule has 0 aliphatic rings. The van der Waals surface area contributed by atoms with E-state index in [2.05, 4.69) is 30.1 Å². The Morgan fingerprint density at radius 3 is 1.70 bits per heavy atom. The van der Waals surface area contributed by atoms with Crippen LogP contribution in [0.2, 0.25) is 0 Å². The van der Waals surface area contributed by atoms with Gasteiger partial charge in [-0.15, -0.1) is 0 Å². The van der Waals surface area contributed by atoms with Gasteiger partial charge in [0.05, 0.1) is 24.8 Å². The van der Waals surface area contributed by atoms with E-state index in [4.69, 9.17) is 14.7 Å². The van der Waals surface area contributed by atoms with Crippen LogP contribution in [0, 0.1) is 11.3 Å². The molecule has 0 amide bonds. The largest absolute Gasteiger partial charge is 0.507 e. The highest BCUT2D eigenvalue weighted by molar-refractivity contribution is 5.83. The molecule has 0 aromatic heterocycles. The minimum absolute atomic E-state index is 0.228. The van der Waals surface area contributed by atoms with E-state index in [0.717, 1.165) is 61.3 Å². The molecule has 5 heteroatoms. The molecule has 3 rings (SSSR count). The number of nitrogens with zero attached hydrogens (tertiary/aromatic N) is 2. The van der Waals surface area contributed by atoms with Crippen LogP contribution < -0.4 is 9.47 Å². The van der Waals surface area contributed by atoms with Crippen LogP contribution in [0.15, 0.2) is 71.7 Å². The lowest BCUT2D eigenvalue weighted by Crippen LogP contribution is -1.98. The second kappa shape index (κ2) is 21.8. The first-order valence-corrected chi connectivity index (χ1v) is 16.9. The van der Waals surface area contributed by atoms with E-state index in [0.29, 0.717) is 17.9 Å². The van der Waals surface area contributed by atoms with Crippen molar-refractivity contribution in [3.63, 3.8) is 0 Å². The summed E-state index contributed by atoms with van der Waals surface area (Å²) in [5.74, 6) is 1.84. The molecule has 3 aromatic rings. The molecule has 1 N–H and O–H groups in total. The number of rotatable bonds is 23. The maximum atomic E-state index is 10.3. The van der Waals surface area contributed by atoms with Crippen LogP contribution in [0.3, 0.4) is 0 Å². The molecule has 0 bridgehead atoms. The van der Waals surface area contributed by atoms with Crippen molar-refractivity contribution in [2.45, 2.75) is 103 Å². The van der Waals surface area contributed by atoms with Gasteiger partial charge in [0.1, 0.15) is 17.2 Å². The monoisotopic (exact) mass is 596 g/mol. The van der Waals surface area contributed by atoms with Crippen LogP contribution in [-0.2, 0) is 0 Å². The quantitative estimate of drug-likeness (QED) is 0.0873. The van der Waals surface area contributed by atoms with Gasteiger partial charge in [0.25, 0.3) is 0 Å². The van der Waals surface area contributed by atoms with Crippen molar-refractivity contribution in [1.29, 1.82) is 5.26 Å². The SMILES string of the molecule is CCCCCCCCCCN=Cc1ccc(OCCCCCCCCCOc2ccc(-c3ccc(C#N)cc3)cc2)cc1O. The van der Waals surface area contributed by atoms with Gasteiger partial charge in [-0.05, 0) is 66.8 Å². The summed E-state index contributed by atoms with van der Waals surface area (Å²) in [5, 5.41) is 19.3. The van der Waals surface area contributed by atoms with Gasteiger partial charge >= 0.3 is 0 Å². The van der Waals surface area contributed by atoms with E-state index < -0.39 is 0 Å². The van der Waals surface area contributed by atoms with Gasteiger partial charge in [-0.1, -0.05) is 108 Å². The molecule has 0 aliphatic carbocycles. The average molecular weight is 597 g/mol. The molecule has 0 radical (unpaired) electrons. The predicted octanol–water partition coefficient (Wildman–Crippen LogP) is 10.7.